The summed E-state index contributed by atoms with van der Waals surface area (Å²) in [5.74, 6) is -1.05. The van der Waals surface area contributed by atoms with E-state index >= 15 is 0 Å². The average Bonchev–Trinajstić information content (AvgIpc) is 3.75. The van der Waals surface area contributed by atoms with Gasteiger partial charge in [-0.05, 0) is 50.8 Å². The first-order valence-corrected chi connectivity index (χ1v) is 19.5. The maximum Gasteiger partial charge on any atom is 0.265 e. The normalized spacial score (nSPS) is 43.9. The van der Waals surface area contributed by atoms with Crippen LogP contribution in [-0.4, -0.2) is 112 Å². The molecular formula is C31H29N5O6S4. The maximum atomic E-state index is 14.7. The Balaban J connectivity index is 1.29. The first-order chi connectivity index (χ1) is 22.1. The number of nitrogens with one attached hydrogen (secondary N) is 1. The van der Waals surface area contributed by atoms with Crippen molar-refractivity contribution in [3.05, 3.63) is 65.2 Å². The van der Waals surface area contributed by atoms with Crippen LogP contribution >= 0.6 is 43.2 Å². The van der Waals surface area contributed by atoms with Crippen LogP contribution in [0.4, 0.5) is 5.69 Å². The van der Waals surface area contributed by atoms with Crippen molar-refractivity contribution in [1.29, 1.82) is 0 Å². The smallest absolute Gasteiger partial charge is 0.265 e. The third-order valence-electron chi connectivity index (χ3n) is 12.4. The number of likely N-dealkylation sites (N-methyl/N-ethyl adjacent to an activating group) is 2. The molecule has 10 aliphatic rings. The second-order valence-corrected chi connectivity index (χ2v) is 19.0. The first kappa shape index (κ1) is 28.5. The lowest BCUT2D eigenvalue weighted by Gasteiger charge is -2.58. The van der Waals surface area contributed by atoms with E-state index in [1.54, 1.807) is 23.9 Å². The number of nitrogens with zero attached hydrogens (tertiary/aromatic N) is 4. The van der Waals surface area contributed by atoms with E-state index in [1.165, 1.54) is 53.0 Å². The molecule has 12 rings (SSSR count). The Morgan fingerprint density at radius 2 is 1.26 bits per heavy atom. The summed E-state index contributed by atoms with van der Waals surface area (Å²) < 4.78 is 0. The number of fused-ring (bicyclic) bond motifs is 11. The van der Waals surface area contributed by atoms with Gasteiger partial charge in [0.25, 0.3) is 23.6 Å². The zero-order valence-electron chi connectivity index (χ0n) is 24.8. The van der Waals surface area contributed by atoms with Crippen LogP contribution in [0.25, 0.3) is 0 Å². The van der Waals surface area contributed by atoms with E-state index in [-0.39, 0.29) is 36.5 Å². The van der Waals surface area contributed by atoms with Gasteiger partial charge in [-0.15, -0.1) is 0 Å². The van der Waals surface area contributed by atoms with Gasteiger partial charge < -0.3 is 30.2 Å². The number of para-hydroxylation sites is 1. The quantitative estimate of drug-likeness (QED) is 0.404. The molecule has 2 aromatic carbocycles. The molecule has 11 nitrogen and oxygen atoms in total. The van der Waals surface area contributed by atoms with Crippen LogP contribution in [0.5, 0.6) is 0 Å². The molecule has 46 heavy (non-hydrogen) atoms. The maximum absolute atomic E-state index is 14.7. The van der Waals surface area contributed by atoms with E-state index in [4.69, 9.17) is 0 Å². The number of hydrogen-bond donors (Lipinski definition) is 3. The van der Waals surface area contributed by atoms with Gasteiger partial charge in [0.05, 0.1) is 18.6 Å². The molecule has 1 aliphatic carbocycles. The Labute approximate surface area is 279 Å². The highest BCUT2D eigenvalue weighted by Gasteiger charge is 2.87. The third-order valence-corrected chi connectivity index (χ3v) is 19.6. The van der Waals surface area contributed by atoms with E-state index in [0.29, 0.717) is 6.42 Å². The molecule has 238 valence electrons. The van der Waals surface area contributed by atoms with Crippen molar-refractivity contribution < 1.29 is 29.4 Å². The highest BCUT2D eigenvalue weighted by molar-refractivity contribution is 8.78. The number of aliphatic hydroxyl groups excluding tert-OH is 2. The van der Waals surface area contributed by atoms with Gasteiger partial charge in [0.2, 0.25) is 9.74 Å². The molecular weight excluding hydrogens is 667 g/mol. The summed E-state index contributed by atoms with van der Waals surface area (Å²) in [7, 11) is 8.41. The Morgan fingerprint density at radius 1 is 0.717 bits per heavy atom. The van der Waals surface area contributed by atoms with Crippen molar-refractivity contribution in [2.75, 3.05) is 32.6 Å². The molecule has 2 spiro atoms. The SMILES string of the molecule is CN1C(=O)[C@@]23C[C@]4([C@]56C[C@@]78SS[C@@](CO)(C(=O)N7[C@H]5Nc5ccccc56)N(C)C8=O)c5ccccc5C[C@@H]4N2C(=O)[C@]1(CO)SS3. The van der Waals surface area contributed by atoms with Gasteiger partial charge >= 0.3 is 0 Å². The molecule has 0 unspecified atom stereocenters. The lowest BCUT2D eigenvalue weighted by atomic mass is 9.53. The zero-order chi connectivity index (χ0) is 31.8. The van der Waals surface area contributed by atoms with Crippen molar-refractivity contribution in [1.82, 2.24) is 19.6 Å². The molecule has 0 aromatic heterocycles. The predicted octanol–water partition coefficient (Wildman–Crippen LogP) is 1.51. The Bertz CT molecular complexity index is 1740. The minimum atomic E-state index is -1.46. The Morgan fingerprint density at radius 3 is 1.91 bits per heavy atom. The van der Waals surface area contributed by atoms with Crippen molar-refractivity contribution >= 4 is 72.5 Å². The van der Waals surface area contributed by atoms with Crippen LogP contribution in [0.1, 0.15) is 29.5 Å². The molecule has 8 fully saturated rings. The summed E-state index contributed by atoms with van der Waals surface area (Å²) in [6, 6.07) is 15.6. The van der Waals surface area contributed by atoms with Gasteiger partial charge in [-0.25, -0.2) is 0 Å². The van der Waals surface area contributed by atoms with Gasteiger partial charge in [0.15, 0.2) is 9.74 Å². The Kier molecular flexibility index (Phi) is 5.16. The monoisotopic (exact) mass is 695 g/mol. The zero-order valence-corrected chi connectivity index (χ0v) is 28.0. The molecule has 9 aliphatic heterocycles. The number of aliphatic hydroxyl groups is 2. The highest BCUT2D eigenvalue weighted by atomic mass is 33.1. The van der Waals surface area contributed by atoms with Crippen LogP contribution in [-0.2, 0) is 36.4 Å². The van der Waals surface area contributed by atoms with Crippen molar-refractivity contribution in [2.45, 2.75) is 61.8 Å². The van der Waals surface area contributed by atoms with Crippen LogP contribution in [0, 0.1) is 0 Å². The molecule has 15 heteroatoms. The van der Waals surface area contributed by atoms with Gasteiger partial charge in [0.1, 0.15) is 6.17 Å². The second kappa shape index (κ2) is 8.35. The van der Waals surface area contributed by atoms with E-state index in [2.05, 4.69) is 23.5 Å². The number of amides is 4. The molecule has 9 heterocycles. The summed E-state index contributed by atoms with van der Waals surface area (Å²) in [5, 5.41) is 25.0. The minimum Gasteiger partial charge on any atom is -0.392 e. The lowest BCUT2D eigenvalue weighted by molar-refractivity contribution is -0.167. The number of piperazine rings is 2. The largest absolute Gasteiger partial charge is 0.392 e. The summed E-state index contributed by atoms with van der Waals surface area (Å²) >= 11 is 0. The van der Waals surface area contributed by atoms with E-state index < -0.39 is 55.7 Å². The predicted molar refractivity (Wildman–Crippen MR) is 175 cm³/mol. The van der Waals surface area contributed by atoms with Gasteiger partial charge in [-0.3, -0.25) is 24.1 Å². The molecule has 2 aromatic rings. The van der Waals surface area contributed by atoms with Crippen LogP contribution in [0.2, 0.25) is 0 Å². The van der Waals surface area contributed by atoms with Crippen molar-refractivity contribution in [2.24, 2.45) is 0 Å². The highest BCUT2D eigenvalue weighted by Crippen LogP contribution is 2.78. The Hall–Kier alpha value is -2.56. The van der Waals surface area contributed by atoms with Crippen LogP contribution in [0.15, 0.2) is 48.5 Å². The first-order valence-electron chi connectivity index (χ1n) is 15.2. The number of carbonyl (C=O) groups excluding carboxylic acids is 4. The van der Waals surface area contributed by atoms with Gasteiger partial charge in [0, 0.05) is 44.1 Å². The molecule has 8 saturated heterocycles. The summed E-state index contributed by atoms with van der Waals surface area (Å²) in [6.45, 7) is -1.03. The molecule has 4 amide bonds. The van der Waals surface area contributed by atoms with Crippen molar-refractivity contribution in [3.63, 3.8) is 0 Å². The van der Waals surface area contributed by atoms with Crippen LogP contribution in [0.3, 0.4) is 0 Å². The summed E-state index contributed by atoms with van der Waals surface area (Å²) in [4.78, 5) is 59.5. The number of hydrogen-bond acceptors (Lipinski definition) is 11. The van der Waals surface area contributed by atoms with Gasteiger partial charge in [-0.2, -0.15) is 0 Å². The fraction of sp³-hybridized carbons (Fsp3) is 0.484. The van der Waals surface area contributed by atoms with Crippen LogP contribution < -0.4 is 5.32 Å². The summed E-state index contributed by atoms with van der Waals surface area (Å²) in [5.41, 5.74) is 2.05. The minimum absolute atomic E-state index is 0.214. The fourth-order valence-corrected chi connectivity index (χ4v) is 17.6. The third kappa shape index (κ3) is 2.51. The standard InChI is InChI=1S/C31H29N5O6S4/c1-33-22(39)28-12-26(17-8-4-3-7-16(17)11-20(26)35(28)24(41)30(33,14-37)45-43-28)27-13-29-23(40)34(2)31(15-38,46-44-29)25(42)36(29)21(27)32-19-10-6-5-9-18(19)27/h3-10,20-21,32,37-38H,11-15H2,1-2H3/t20-,21+,26-,27-,28-,29-,30-,31-/m0/s1. The molecule has 0 radical (unpaired) electrons. The molecule has 3 N–H and O–H groups in total. The number of carbonyl (C=O) groups is 4. The fourth-order valence-electron chi connectivity index (χ4n) is 10.4. The topological polar surface area (TPSA) is 134 Å². The van der Waals surface area contributed by atoms with E-state index in [1.807, 2.05) is 30.3 Å². The van der Waals surface area contributed by atoms with Gasteiger partial charge in [-0.1, -0.05) is 64.1 Å². The molecule has 8 atom stereocenters. The van der Waals surface area contributed by atoms with Crippen molar-refractivity contribution in [3.8, 4) is 0 Å². The number of rotatable bonds is 3. The summed E-state index contributed by atoms with van der Waals surface area (Å²) in [6.07, 6.45) is 0.360. The molecule has 0 saturated carbocycles. The van der Waals surface area contributed by atoms with E-state index in [9.17, 15) is 29.4 Å². The lowest BCUT2D eigenvalue weighted by Crippen LogP contribution is -2.77. The second-order valence-electron chi connectivity index (χ2n) is 13.6. The van der Waals surface area contributed by atoms with E-state index in [0.717, 1.165) is 22.4 Å². The number of benzene rings is 2. The average molecular weight is 696 g/mol. The molecule has 4 bridgehead atoms. The number of anilines is 1.